The Hall–Kier alpha value is -2.75. The van der Waals surface area contributed by atoms with Crippen LogP contribution in [0, 0.1) is 38.7 Å². The van der Waals surface area contributed by atoms with E-state index in [0.29, 0.717) is 30.4 Å². The maximum atomic E-state index is 17.2. The molecule has 0 amide bonds. The van der Waals surface area contributed by atoms with Gasteiger partial charge in [-0.3, -0.25) is 19.7 Å². The average molecular weight is 528 g/mol. The van der Waals surface area contributed by atoms with E-state index in [-0.39, 0.29) is 30.4 Å². The normalized spacial score (nSPS) is 41.6. The van der Waals surface area contributed by atoms with Crippen LogP contribution < -0.4 is 0 Å². The van der Waals surface area contributed by atoms with Gasteiger partial charge in [-0.2, -0.15) is 0 Å². The third kappa shape index (κ3) is 3.44. The van der Waals surface area contributed by atoms with Crippen LogP contribution in [0.3, 0.4) is 0 Å². The quantitative estimate of drug-likeness (QED) is 0.422. The summed E-state index contributed by atoms with van der Waals surface area (Å²) in [6.07, 6.45) is 4.15. The average Bonchev–Trinajstić information content (AvgIpc) is 3.07. The summed E-state index contributed by atoms with van der Waals surface area (Å²) in [5.74, 6) is -2.27. The van der Waals surface area contributed by atoms with E-state index in [1.54, 1.807) is 45.0 Å². The number of halogens is 1. The predicted molar refractivity (Wildman–Crippen MR) is 136 cm³/mol. The van der Waals surface area contributed by atoms with Crippen molar-refractivity contribution >= 4 is 17.3 Å². The van der Waals surface area contributed by atoms with Gasteiger partial charge in [0, 0.05) is 22.8 Å². The maximum Gasteiger partial charge on any atom is 0.274 e. The SMILES string of the molecule is CC1C[C@H]2[C@@H]3CCC4=CC(=O)C=C[C@]4(C)[C@@]3(F)C(O)C[C@]2(C)[C@@]1(O)C(=O)COCc1ccccc1[N+](=O)[O-]. The molecule has 1 aromatic carbocycles. The van der Waals surface area contributed by atoms with Crippen molar-refractivity contribution in [2.75, 3.05) is 6.61 Å². The number of carbonyl (C=O) groups excluding carboxylic acids is 2. The third-order valence-corrected chi connectivity index (χ3v) is 10.3. The van der Waals surface area contributed by atoms with Crippen LogP contribution in [0.15, 0.2) is 48.1 Å². The molecule has 38 heavy (non-hydrogen) atoms. The molecule has 1 aromatic rings. The van der Waals surface area contributed by atoms with E-state index in [9.17, 15) is 29.9 Å². The first kappa shape index (κ1) is 26.8. The zero-order valence-electron chi connectivity index (χ0n) is 21.9. The summed E-state index contributed by atoms with van der Waals surface area (Å²) in [5, 5.41) is 34.7. The smallest absolute Gasteiger partial charge is 0.274 e. The summed E-state index contributed by atoms with van der Waals surface area (Å²) in [6, 6.07) is 6.08. The Morgan fingerprint density at radius 1 is 1.26 bits per heavy atom. The first-order chi connectivity index (χ1) is 17.8. The van der Waals surface area contributed by atoms with Gasteiger partial charge >= 0.3 is 0 Å². The van der Waals surface area contributed by atoms with Gasteiger partial charge in [-0.15, -0.1) is 0 Å². The number of aliphatic hydroxyl groups excluding tert-OH is 1. The van der Waals surface area contributed by atoms with Crippen LogP contribution >= 0.6 is 0 Å². The Bertz CT molecular complexity index is 1260. The summed E-state index contributed by atoms with van der Waals surface area (Å²) < 4.78 is 22.8. The van der Waals surface area contributed by atoms with Gasteiger partial charge in [0.15, 0.2) is 17.2 Å². The van der Waals surface area contributed by atoms with Crippen LogP contribution in [0.1, 0.15) is 52.0 Å². The van der Waals surface area contributed by atoms with E-state index in [2.05, 4.69) is 0 Å². The second-order valence-corrected chi connectivity index (χ2v) is 12.0. The lowest BCUT2D eigenvalue weighted by molar-refractivity contribution is -0.385. The number of nitro groups is 1. The van der Waals surface area contributed by atoms with E-state index in [1.165, 1.54) is 18.2 Å². The highest BCUT2D eigenvalue weighted by molar-refractivity contribution is 6.01. The Labute approximate surface area is 220 Å². The fraction of sp³-hybridized carbons (Fsp3) is 0.586. The molecule has 8 nitrogen and oxygen atoms in total. The highest BCUT2D eigenvalue weighted by Gasteiger charge is 2.75. The summed E-state index contributed by atoms with van der Waals surface area (Å²) in [4.78, 5) is 36.4. The number of para-hydroxylation sites is 1. The molecule has 204 valence electrons. The van der Waals surface area contributed by atoms with E-state index < -0.39 is 57.4 Å². The Morgan fingerprint density at radius 3 is 2.68 bits per heavy atom. The molecule has 9 heteroatoms. The molecule has 0 saturated heterocycles. The van der Waals surface area contributed by atoms with Gasteiger partial charge in [-0.25, -0.2) is 4.39 Å². The maximum absolute atomic E-state index is 17.2. The number of nitro benzene ring substituents is 1. The number of ketones is 2. The number of nitrogens with zero attached hydrogens (tertiary/aromatic N) is 1. The van der Waals surface area contributed by atoms with Gasteiger partial charge in [0.2, 0.25) is 0 Å². The number of Topliss-reactive ketones (excluding diaryl/α,β-unsaturated/α-hetero) is 1. The Morgan fingerprint density at radius 2 is 1.97 bits per heavy atom. The monoisotopic (exact) mass is 527 g/mol. The van der Waals surface area contributed by atoms with Crippen molar-refractivity contribution in [1.82, 2.24) is 0 Å². The number of hydrogen-bond acceptors (Lipinski definition) is 7. The summed E-state index contributed by atoms with van der Waals surface area (Å²) in [5.41, 5.74) is -5.29. The van der Waals surface area contributed by atoms with Crippen LogP contribution in [-0.2, 0) is 20.9 Å². The van der Waals surface area contributed by atoms with Crippen LogP contribution in [0.2, 0.25) is 0 Å². The topological polar surface area (TPSA) is 127 Å². The molecule has 2 unspecified atom stereocenters. The molecule has 2 N–H and O–H groups in total. The number of fused-ring (bicyclic) bond motifs is 5. The first-order valence-electron chi connectivity index (χ1n) is 13.2. The molecule has 3 saturated carbocycles. The van der Waals surface area contributed by atoms with E-state index in [4.69, 9.17) is 4.74 Å². The molecule has 5 rings (SSSR count). The van der Waals surface area contributed by atoms with Gasteiger partial charge in [-0.1, -0.05) is 37.6 Å². The fourth-order valence-corrected chi connectivity index (χ4v) is 8.32. The van der Waals surface area contributed by atoms with Gasteiger partial charge in [0.1, 0.15) is 12.2 Å². The summed E-state index contributed by atoms with van der Waals surface area (Å²) >= 11 is 0. The van der Waals surface area contributed by atoms with Crippen molar-refractivity contribution in [3.63, 3.8) is 0 Å². The predicted octanol–water partition coefficient (Wildman–Crippen LogP) is 4.03. The van der Waals surface area contributed by atoms with E-state index >= 15 is 4.39 Å². The lowest BCUT2D eigenvalue weighted by atomic mass is 9.44. The highest BCUT2D eigenvalue weighted by Crippen LogP contribution is 2.70. The Kier molecular flexibility index (Phi) is 6.28. The van der Waals surface area contributed by atoms with Crippen molar-refractivity contribution in [2.45, 2.75) is 70.4 Å². The molecule has 0 bridgehead atoms. The summed E-state index contributed by atoms with van der Waals surface area (Å²) in [7, 11) is 0. The molecular formula is C29H34FNO7. The largest absolute Gasteiger partial charge is 0.390 e. The molecule has 0 aromatic heterocycles. The molecule has 0 radical (unpaired) electrons. The minimum absolute atomic E-state index is 0.118. The van der Waals surface area contributed by atoms with Gasteiger partial charge < -0.3 is 14.9 Å². The number of rotatable bonds is 6. The number of alkyl halides is 1. The second kappa shape index (κ2) is 8.89. The third-order valence-electron chi connectivity index (χ3n) is 10.3. The van der Waals surface area contributed by atoms with Gasteiger partial charge in [0.05, 0.1) is 23.2 Å². The lowest BCUT2D eigenvalue weighted by Gasteiger charge is -2.62. The lowest BCUT2D eigenvalue weighted by Crippen LogP contribution is -2.69. The van der Waals surface area contributed by atoms with Gasteiger partial charge in [0.25, 0.3) is 5.69 Å². The number of aliphatic hydroxyl groups is 2. The van der Waals surface area contributed by atoms with Crippen molar-refractivity contribution in [3.05, 3.63) is 63.7 Å². The van der Waals surface area contributed by atoms with Crippen LogP contribution in [0.25, 0.3) is 0 Å². The molecule has 3 fully saturated rings. The highest BCUT2D eigenvalue weighted by atomic mass is 19.1. The van der Waals surface area contributed by atoms with E-state index in [1.807, 2.05) is 0 Å². The van der Waals surface area contributed by atoms with Crippen LogP contribution in [0.4, 0.5) is 10.1 Å². The van der Waals surface area contributed by atoms with Crippen LogP contribution in [0.5, 0.6) is 0 Å². The molecule has 4 aliphatic carbocycles. The minimum Gasteiger partial charge on any atom is -0.390 e. The standard InChI is InChI=1S/C29H34FNO7/c1-17-12-22-21-9-8-19-13-20(32)10-11-26(19,2)28(21,30)24(33)14-27(22,3)29(17,35)25(34)16-38-15-18-6-4-5-7-23(18)31(36)37/h4-7,10-11,13,17,21-22,24,33,35H,8-9,12,14-16H2,1-3H3/t17?,21-,22-,24?,26-,27-,28-,29-/m0/s1. The van der Waals surface area contributed by atoms with Crippen molar-refractivity contribution in [2.24, 2.45) is 28.6 Å². The second-order valence-electron chi connectivity index (χ2n) is 12.0. The number of allylic oxidation sites excluding steroid dienone is 4. The fourth-order valence-electron chi connectivity index (χ4n) is 8.32. The number of hydrogen-bond donors (Lipinski definition) is 2. The number of ether oxygens (including phenoxy) is 1. The Balaban J connectivity index is 1.41. The molecule has 8 atom stereocenters. The molecular weight excluding hydrogens is 493 g/mol. The van der Waals surface area contributed by atoms with E-state index in [0.717, 1.165) is 0 Å². The van der Waals surface area contributed by atoms with Crippen molar-refractivity contribution < 1.29 is 33.9 Å². The summed E-state index contributed by atoms with van der Waals surface area (Å²) in [6.45, 7) is 4.62. The van der Waals surface area contributed by atoms with Gasteiger partial charge in [-0.05, 0) is 62.7 Å². The molecule has 4 aliphatic rings. The zero-order chi connectivity index (χ0) is 27.7. The first-order valence-corrected chi connectivity index (χ1v) is 13.2. The number of carbonyl (C=O) groups is 2. The molecule has 0 aliphatic heterocycles. The minimum atomic E-state index is -2.05. The van der Waals surface area contributed by atoms with Crippen molar-refractivity contribution in [3.8, 4) is 0 Å². The van der Waals surface area contributed by atoms with Crippen LogP contribution in [-0.4, -0.2) is 50.7 Å². The molecule has 0 heterocycles. The van der Waals surface area contributed by atoms with Crippen molar-refractivity contribution in [1.29, 1.82) is 0 Å². The number of benzene rings is 1. The zero-order valence-corrected chi connectivity index (χ0v) is 21.9. The molecule has 0 spiro atoms.